The van der Waals surface area contributed by atoms with Gasteiger partial charge in [0.15, 0.2) is 5.82 Å². The van der Waals surface area contributed by atoms with Crippen LogP contribution >= 0.6 is 0 Å². The molecular formula is C24H27F3N6O4S. The molecular weight excluding hydrogens is 525 g/mol. The van der Waals surface area contributed by atoms with E-state index in [9.17, 15) is 26.4 Å². The minimum atomic E-state index is -4.49. The van der Waals surface area contributed by atoms with Crippen LogP contribution in [0, 0.1) is 12.8 Å². The molecule has 0 spiro atoms. The number of nitrogens with two attached hydrogens (primary N) is 1. The van der Waals surface area contributed by atoms with E-state index in [1.807, 2.05) is 0 Å². The maximum atomic E-state index is 13.3. The summed E-state index contributed by atoms with van der Waals surface area (Å²) < 4.78 is 68.3. The van der Waals surface area contributed by atoms with E-state index >= 15 is 0 Å². The van der Waals surface area contributed by atoms with Crippen molar-refractivity contribution in [2.45, 2.75) is 43.8 Å². The topological polar surface area (TPSA) is 133 Å². The highest BCUT2D eigenvalue weighted by molar-refractivity contribution is 7.89. The molecule has 1 aromatic heterocycles. The zero-order chi connectivity index (χ0) is 27.5. The molecule has 0 aliphatic carbocycles. The molecule has 2 heterocycles. The second-order valence-corrected chi connectivity index (χ2v) is 10.7. The van der Waals surface area contributed by atoms with Crippen LogP contribution in [0.15, 0.2) is 47.4 Å². The molecule has 0 bridgehead atoms. The van der Waals surface area contributed by atoms with E-state index in [0.29, 0.717) is 42.4 Å². The van der Waals surface area contributed by atoms with Crippen LogP contribution in [-0.4, -0.2) is 59.1 Å². The Hall–Kier alpha value is -3.52. The van der Waals surface area contributed by atoms with Crippen molar-refractivity contribution in [3.63, 3.8) is 0 Å². The number of hydrogen-bond acceptors (Lipinski definition) is 7. The second-order valence-electron chi connectivity index (χ2n) is 9.17. The minimum absolute atomic E-state index is 0.00800. The highest BCUT2D eigenvalue weighted by Crippen LogP contribution is 2.31. The first kappa shape index (κ1) is 27.5. The van der Waals surface area contributed by atoms with Crippen LogP contribution in [0.2, 0.25) is 0 Å². The SMILES string of the molecule is Cc1nnn(Cc2cc(C(F)(F)F)ccc2CCC(=O)N2CCC(COc3ccc(S(N)(=O)=O)cc3)C2)n1. The predicted molar refractivity (Wildman–Crippen MR) is 129 cm³/mol. The average Bonchev–Trinajstić information content (AvgIpc) is 3.50. The van der Waals surface area contributed by atoms with E-state index in [1.54, 1.807) is 11.8 Å². The van der Waals surface area contributed by atoms with E-state index in [1.165, 1.54) is 35.1 Å². The molecule has 1 unspecified atom stereocenters. The maximum Gasteiger partial charge on any atom is 0.416 e. The molecule has 38 heavy (non-hydrogen) atoms. The molecule has 1 atom stereocenters. The number of nitrogens with zero attached hydrogens (tertiary/aromatic N) is 5. The summed E-state index contributed by atoms with van der Waals surface area (Å²) in [5.41, 5.74) is 0.218. The Kier molecular flexibility index (Phi) is 8.02. The van der Waals surface area contributed by atoms with Crippen molar-refractivity contribution < 1.29 is 31.1 Å². The number of primary sulfonamides is 1. The van der Waals surface area contributed by atoms with Gasteiger partial charge in [-0.2, -0.15) is 18.0 Å². The number of amides is 1. The third kappa shape index (κ3) is 7.07. The minimum Gasteiger partial charge on any atom is -0.493 e. The molecule has 204 valence electrons. The van der Waals surface area contributed by atoms with Crippen LogP contribution in [0.25, 0.3) is 0 Å². The van der Waals surface area contributed by atoms with Crippen LogP contribution in [0.5, 0.6) is 5.75 Å². The number of carbonyl (C=O) groups excluding carboxylic acids is 1. The van der Waals surface area contributed by atoms with Gasteiger partial charge in [-0.15, -0.1) is 10.2 Å². The number of hydrogen-bond donors (Lipinski definition) is 1. The number of likely N-dealkylation sites (tertiary alicyclic amines) is 1. The fourth-order valence-electron chi connectivity index (χ4n) is 4.27. The lowest BCUT2D eigenvalue weighted by Gasteiger charge is -2.18. The number of halogens is 3. The van der Waals surface area contributed by atoms with Crippen LogP contribution in [0.1, 0.15) is 35.4 Å². The zero-order valence-corrected chi connectivity index (χ0v) is 21.4. The Morgan fingerprint density at radius 3 is 2.53 bits per heavy atom. The van der Waals surface area contributed by atoms with Crippen LogP contribution in [0.4, 0.5) is 13.2 Å². The van der Waals surface area contributed by atoms with Crippen molar-refractivity contribution in [1.29, 1.82) is 0 Å². The molecule has 2 aromatic carbocycles. The largest absolute Gasteiger partial charge is 0.493 e. The van der Waals surface area contributed by atoms with E-state index in [-0.39, 0.29) is 36.1 Å². The summed E-state index contributed by atoms with van der Waals surface area (Å²) in [5, 5.41) is 16.7. The Bertz CT molecular complexity index is 1390. The molecule has 1 aliphatic rings. The van der Waals surface area contributed by atoms with Crippen molar-refractivity contribution in [1.82, 2.24) is 25.1 Å². The highest BCUT2D eigenvalue weighted by atomic mass is 32.2. The summed E-state index contributed by atoms with van der Waals surface area (Å²) in [5.74, 6) is 0.904. The number of aromatic nitrogens is 4. The Morgan fingerprint density at radius 2 is 1.89 bits per heavy atom. The number of sulfonamides is 1. The Morgan fingerprint density at radius 1 is 1.16 bits per heavy atom. The average molecular weight is 553 g/mol. The number of rotatable bonds is 9. The molecule has 0 saturated carbocycles. The maximum absolute atomic E-state index is 13.3. The summed E-state index contributed by atoms with van der Waals surface area (Å²) in [6.07, 6.45) is -3.34. The molecule has 3 aromatic rings. The molecule has 4 rings (SSSR count). The summed E-state index contributed by atoms with van der Waals surface area (Å²) >= 11 is 0. The molecule has 0 radical (unpaired) electrons. The lowest BCUT2D eigenvalue weighted by atomic mass is 9.99. The standard InChI is InChI=1S/C24H27F3N6O4S/c1-16-29-31-33(30-16)14-19-12-20(24(25,26)27)4-2-18(19)3-9-23(34)32-11-10-17(13-32)15-37-21-5-7-22(8-6-21)38(28,35)36/h2,4-8,12,17H,3,9-11,13-15H2,1H3,(H2,28,35,36). The fourth-order valence-corrected chi connectivity index (χ4v) is 4.79. The van der Waals surface area contributed by atoms with E-state index in [4.69, 9.17) is 9.88 Å². The summed E-state index contributed by atoms with van der Waals surface area (Å²) in [6, 6.07) is 9.26. The molecule has 10 nitrogen and oxygen atoms in total. The van der Waals surface area contributed by atoms with Gasteiger partial charge in [0.05, 0.1) is 23.6 Å². The lowest BCUT2D eigenvalue weighted by Crippen LogP contribution is -2.29. The number of benzene rings is 2. The first-order valence-corrected chi connectivity index (χ1v) is 13.4. The van der Waals surface area contributed by atoms with Crippen LogP contribution in [-0.2, 0) is 34.0 Å². The van der Waals surface area contributed by atoms with Gasteiger partial charge in [-0.3, -0.25) is 4.79 Å². The monoisotopic (exact) mass is 552 g/mol. The van der Waals surface area contributed by atoms with Crippen LogP contribution in [0.3, 0.4) is 0 Å². The number of ether oxygens (including phenoxy) is 1. The number of alkyl halides is 3. The van der Waals surface area contributed by atoms with Gasteiger partial charge in [0.25, 0.3) is 0 Å². The Labute approximate surface area is 217 Å². The lowest BCUT2D eigenvalue weighted by molar-refractivity contribution is -0.137. The van der Waals surface area contributed by atoms with Crippen molar-refractivity contribution in [2.75, 3.05) is 19.7 Å². The van der Waals surface area contributed by atoms with Gasteiger partial charge < -0.3 is 9.64 Å². The summed E-state index contributed by atoms with van der Waals surface area (Å²) in [7, 11) is -3.78. The molecule has 1 amide bonds. The molecule has 1 fully saturated rings. The summed E-state index contributed by atoms with van der Waals surface area (Å²) in [4.78, 5) is 15.8. The van der Waals surface area contributed by atoms with Crippen molar-refractivity contribution in [3.05, 3.63) is 65.0 Å². The third-order valence-electron chi connectivity index (χ3n) is 6.28. The molecule has 2 N–H and O–H groups in total. The fraction of sp³-hybridized carbons (Fsp3) is 0.417. The van der Waals surface area contributed by atoms with Gasteiger partial charge in [-0.1, -0.05) is 6.07 Å². The van der Waals surface area contributed by atoms with Crippen molar-refractivity contribution >= 4 is 15.9 Å². The third-order valence-corrected chi connectivity index (χ3v) is 7.21. The molecule has 1 aliphatic heterocycles. The van der Waals surface area contributed by atoms with Crippen LogP contribution < -0.4 is 9.88 Å². The number of tetrazole rings is 1. The van der Waals surface area contributed by atoms with Gasteiger partial charge in [-0.05, 0) is 72.5 Å². The first-order valence-electron chi connectivity index (χ1n) is 11.9. The normalized spacial score (nSPS) is 16.1. The number of aryl methyl sites for hydroxylation is 2. The van der Waals surface area contributed by atoms with Gasteiger partial charge in [-0.25, -0.2) is 13.6 Å². The van der Waals surface area contributed by atoms with Crippen molar-refractivity contribution in [3.8, 4) is 5.75 Å². The smallest absolute Gasteiger partial charge is 0.416 e. The van der Waals surface area contributed by atoms with Gasteiger partial charge in [0.1, 0.15) is 5.75 Å². The van der Waals surface area contributed by atoms with Gasteiger partial charge in [0, 0.05) is 25.4 Å². The van der Waals surface area contributed by atoms with E-state index < -0.39 is 21.8 Å². The number of carbonyl (C=O) groups is 1. The van der Waals surface area contributed by atoms with Gasteiger partial charge in [0.2, 0.25) is 15.9 Å². The first-order chi connectivity index (χ1) is 17.9. The molecule has 14 heteroatoms. The zero-order valence-electron chi connectivity index (χ0n) is 20.6. The molecule has 1 saturated heterocycles. The van der Waals surface area contributed by atoms with E-state index in [2.05, 4.69) is 15.4 Å². The van der Waals surface area contributed by atoms with Crippen molar-refractivity contribution in [2.24, 2.45) is 11.1 Å². The second kappa shape index (κ2) is 11.1. The van der Waals surface area contributed by atoms with Gasteiger partial charge >= 0.3 is 6.18 Å². The quantitative estimate of drug-likeness (QED) is 0.431. The van der Waals surface area contributed by atoms with E-state index in [0.717, 1.165) is 18.6 Å². The summed E-state index contributed by atoms with van der Waals surface area (Å²) in [6.45, 7) is 3.05. The predicted octanol–water partition coefficient (Wildman–Crippen LogP) is 2.56. The highest BCUT2D eigenvalue weighted by Gasteiger charge is 2.31. The Balaban J connectivity index is 1.33.